The van der Waals surface area contributed by atoms with E-state index in [0.29, 0.717) is 34.7 Å². The molecular formula is C22H23ClN2O3. The predicted octanol–water partition coefficient (Wildman–Crippen LogP) is 3.39. The quantitative estimate of drug-likeness (QED) is 0.839. The number of rotatable bonds is 5. The van der Waals surface area contributed by atoms with E-state index < -0.39 is 0 Å². The molecule has 4 rings (SSSR count). The maximum absolute atomic E-state index is 12.6. The molecule has 3 atom stereocenters. The summed E-state index contributed by atoms with van der Waals surface area (Å²) in [6, 6.07) is 16.4. The number of nitrogens with zero attached hydrogens (tertiary/aromatic N) is 1. The van der Waals surface area contributed by atoms with Gasteiger partial charge in [-0.1, -0.05) is 41.9 Å². The molecule has 0 unspecified atom stereocenters. The molecule has 1 aliphatic heterocycles. The molecule has 2 aliphatic rings. The summed E-state index contributed by atoms with van der Waals surface area (Å²) in [7, 11) is 0. The second-order valence-electron chi connectivity index (χ2n) is 7.44. The smallest absolute Gasteiger partial charge is 0.251 e. The number of carbonyl (C=O) groups is 2. The van der Waals surface area contributed by atoms with E-state index in [-0.39, 0.29) is 24.5 Å². The molecule has 1 N–H and O–H groups in total. The van der Waals surface area contributed by atoms with Crippen molar-refractivity contribution in [1.29, 1.82) is 0 Å². The molecule has 2 amide bonds. The maximum Gasteiger partial charge on any atom is 0.251 e. The molecule has 2 aromatic rings. The van der Waals surface area contributed by atoms with E-state index in [1.54, 1.807) is 24.3 Å². The van der Waals surface area contributed by atoms with Crippen LogP contribution in [0.25, 0.3) is 0 Å². The maximum atomic E-state index is 12.6. The van der Waals surface area contributed by atoms with Gasteiger partial charge in [0.25, 0.3) is 5.91 Å². The second kappa shape index (κ2) is 8.23. The van der Waals surface area contributed by atoms with E-state index in [1.807, 2.05) is 35.2 Å². The molecular weight excluding hydrogens is 376 g/mol. The molecule has 6 heteroatoms. The zero-order chi connectivity index (χ0) is 19.5. The minimum atomic E-state index is -0.228. The van der Waals surface area contributed by atoms with Crippen molar-refractivity contribution in [2.24, 2.45) is 11.8 Å². The van der Waals surface area contributed by atoms with E-state index >= 15 is 0 Å². The van der Waals surface area contributed by atoms with E-state index in [4.69, 9.17) is 16.3 Å². The first-order valence-electron chi connectivity index (χ1n) is 9.64. The van der Waals surface area contributed by atoms with Gasteiger partial charge >= 0.3 is 0 Å². The van der Waals surface area contributed by atoms with E-state index in [9.17, 15) is 9.59 Å². The Hall–Kier alpha value is -2.53. The van der Waals surface area contributed by atoms with Crippen molar-refractivity contribution in [3.63, 3.8) is 0 Å². The Labute approximate surface area is 169 Å². The minimum Gasteiger partial charge on any atom is -0.489 e. The van der Waals surface area contributed by atoms with Crippen LogP contribution in [0.4, 0.5) is 0 Å². The van der Waals surface area contributed by atoms with E-state index in [1.165, 1.54) is 0 Å². The number of nitrogens with one attached hydrogen (secondary N) is 1. The monoisotopic (exact) mass is 398 g/mol. The SMILES string of the molecule is O=C(NCC(=O)N1C[C@@H]2CC[C@H](Oc3ccccc3Cl)[C@@H]2C1)c1ccccc1. The Kier molecular flexibility index (Phi) is 5.53. The Balaban J connectivity index is 1.31. The first kappa shape index (κ1) is 18.8. The summed E-state index contributed by atoms with van der Waals surface area (Å²) in [6.45, 7) is 1.41. The summed E-state index contributed by atoms with van der Waals surface area (Å²) in [5, 5.41) is 3.33. The van der Waals surface area contributed by atoms with Gasteiger partial charge in [0.2, 0.25) is 5.91 Å². The number of benzene rings is 2. The minimum absolute atomic E-state index is 0.0171. The Bertz CT molecular complexity index is 858. The van der Waals surface area contributed by atoms with Gasteiger partial charge in [-0.25, -0.2) is 0 Å². The van der Waals surface area contributed by atoms with Gasteiger partial charge < -0.3 is 15.0 Å². The lowest BCUT2D eigenvalue weighted by molar-refractivity contribution is -0.129. The van der Waals surface area contributed by atoms with Crippen LogP contribution in [0.1, 0.15) is 23.2 Å². The Morgan fingerprint density at radius 3 is 2.57 bits per heavy atom. The highest BCUT2D eigenvalue weighted by molar-refractivity contribution is 6.32. The zero-order valence-corrected chi connectivity index (χ0v) is 16.3. The molecule has 1 heterocycles. The van der Waals surface area contributed by atoms with Gasteiger partial charge in [-0.05, 0) is 43.0 Å². The molecule has 0 aromatic heterocycles. The van der Waals surface area contributed by atoms with Gasteiger partial charge in [0.1, 0.15) is 11.9 Å². The fourth-order valence-electron chi connectivity index (χ4n) is 4.23. The summed E-state index contributed by atoms with van der Waals surface area (Å²) in [5.74, 6) is 1.18. The van der Waals surface area contributed by atoms with Crippen molar-refractivity contribution in [2.45, 2.75) is 18.9 Å². The molecule has 0 radical (unpaired) electrons. The van der Waals surface area contributed by atoms with Crippen molar-refractivity contribution in [3.05, 3.63) is 65.2 Å². The fourth-order valence-corrected chi connectivity index (χ4v) is 4.41. The number of amides is 2. The molecule has 0 bridgehead atoms. The first-order valence-corrected chi connectivity index (χ1v) is 10.0. The van der Waals surface area contributed by atoms with Crippen LogP contribution >= 0.6 is 11.6 Å². The van der Waals surface area contributed by atoms with Gasteiger partial charge in [0.05, 0.1) is 11.6 Å². The van der Waals surface area contributed by atoms with Crippen molar-refractivity contribution < 1.29 is 14.3 Å². The summed E-state index contributed by atoms with van der Waals surface area (Å²) >= 11 is 6.22. The number of para-hydroxylation sites is 1. The summed E-state index contributed by atoms with van der Waals surface area (Å²) < 4.78 is 6.16. The number of likely N-dealkylation sites (tertiary alicyclic amines) is 1. The van der Waals surface area contributed by atoms with Gasteiger partial charge in [0.15, 0.2) is 0 Å². The van der Waals surface area contributed by atoms with E-state index in [0.717, 1.165) is 19.4 Å². The largest absolute Gasteiger partial charge is 0.489 e. The third kappa shape index (κ3) is 3.99. The third-order valence-corrected chi connectivity index (χ3v) is 6.01. The fraction of sp³-hybridized carbons (Fsp3) is 0.364. The van der Waals surface area contributed by atoms with Crippen LogP contribution in [0.3, 0.4) is 0 Å². The molecule has 0 spiro atoms. The number of hydrogen-bond acceptors (Lipinski definition) is 3. The van der Waals surface area contributed by atoms with E-state index in [2.05, 4.69) is 5.32 Å². The number of fused-ring (bicyclic) bond motifs is 1. The molecule has 28 heavy (non-hydrogen) atoms. The molecule has 2 fully saturated rings. The lowest BCUT2D eigenvalue weighted by Gasteiger charge is -2.22. The Morgan fingerprint density at radius 2 is 1.79 bits per heavy atom. The van der Waals surface area contributed by atoms with Crippen molar-refractivity contribution in [2.75, 3.05) is 19.6 Å². The number of hydrogen-bond donors (Lipinski definition) is 1. The van der Waals surface area contributed by atoms with Crippen LogP contribution in [0, 0.1) is 11.8 Å². The number of halogens is 1. The van der Waals surface area contributed by atoms with Gasteiger partial charge in [-0.3, -0.25) is 9.59 Å². The van der Waals surface area contributed by atoms with Gasteiger partial charge in [-0.2, -0.15) is 0 Å². The van der Waals surface area contributed by atoms with Crippen molar-refractivity contribution >= 4 is 23.4 Å². The topological polar surface area (TPSA) is 58.6 Å². The lowest BCUT2D eigenvalue weighted by Crippen LogP contribution is -2.40. The molecule has 1 saturated heterocycles. The standard InChI is InChI=1S/C22H23ClN2O3/c23-18-8-4-5-9-20(18)28-19-11-10-16-13-25(14-17(16)19)21(26)12-24-22(27)15-6-2-1-3-7-15/h1-9,16-17,19H,10-14H2,(H,24,27)/t16-,17+,19-/m0/s1. The Morgan fingerprint density at radius 1 is 1.04 bits per heavy atom. The van der Waals surface area contributed by atoms with Crippen LogP contribution in [0.5, 0.6) is 5.75 Å². The highest BCUT2D eigenvalue weighted by Gasteiger charge is 2.45. The van der Waals surface area contributed by atoms with Crippen LogP contribution in [0.15, 0.2) is 54.6 Å². The summed E-state index contributed by atoms with van der Waals surface area (Å²) in [6.07, 6.45) is 2.09. The van der Waals surface area contributed by atoms with Crippen molar-refractivity contribution in [3.8, 4) is 5.75 Å². The molecule has 146 valence electrons. The average molecular weight is 399 g/mol. The highest BCUT2D eigenvalue weighted by atomic mass is 35.5. The van der Waals surface area contributed by atoms with Crippen LogP contribution < -0.4 is 10.1 Å². The average Bonchev–Trinajstić information content (AvgIpc) is 3.30. The molecule has 2 aromatic carbocycles. The van der Waals surface area contributed by atoms with Crippen LogP contribution in [-0.2, 0) is 4.79 Å². The zero-order valence-electron chi connectivity index (χ0n) is 15.5. The first-order chi connectivity index (χ1) is 13.6. The van der Waals surface area contributed by atoms with Crippen LogP contribution in [-0.4, -0.2) is 42.5 Å². The highest BCUT2D eigenvalue weighted by Crippen LogP contribution is 2.41. The summed E-state index contributed by atoms with van der Waals surface area (Å²) in [5.41, 5.74) is 0.557. The summed E-state index contributed by atoms with van der Waals surface area (Å²) in [4.78, 5) is 26.6. The van der Waals surface area contributed by atoms with Crippen LogP contribution in [0.2, 0.25) is 5.02 Å². The normalized spacial score (nSPS) is 23.3. The molecule has 1 aliphatic carbocycles. The molecule has 1 saturated carbocycles. The predicted molar refractivity (Wildman–Crippen MR) is 107 cm³/mol. The van der Waals surface area contributed by atoms with Gasteiger partial charge in [-0.15, -0.1) is 0 Å². The van der Waals surface area contributed by atoms with Crippen molar-refractivity contribution in [1.82, 2.24) is 10.2 Å². The second-order valence-corrected chi connectivity index (χ2v) is 7.84. The van der Waals surface area contributed by atoms with Gasteiger partial charge in [0, 0.05) is 24.6 Å². The number of carbonyl (C=O) groups excluding carboxylic acids is 2. The third-order valence-electron chi connectivity index (χ3n) is 5.69. The lowest BCUT2D eigenvalue weighted by atomic mass is 9.99. The molecule has 5 nitrogen and oxygen atoms in total. The number of ether oxygens (including phenoxy) is 1.